The topological polar surface area (TPSA) is 70.9 Å². The fourth-order valence-corrected chi connectivity index (χ4v) is 1.58. The highest BCUT2D eigenvalue weighted by Gasteiger charge is 2.09. The van der Waals surface area contributed by atoms with Gasteiger partial charge in [-0.15, -0.1) is 0 Å². The molecule has 0 fully saturated rings. The summed E-state index contributed by atoms with van der Waals surface area (Å²) < 4.78 is 4.85. The third kappa shape index (κ3) is 3.23. The molecule has 0 aliphatic rings. The van der Waals surface area contributed by atoms with Gasteiger partial charge in [-0.05, 0) is 24.8 Å². The van der Waals surface area contributed by atoms with Gasteiger partial charge in [0.2, 0.25) is 0 Å². The number of carbonyl (C=O) groups is 1. The zero-order valence-corrected chi connectivity index (χ0v) is 10.6. The zero-order valence-electron chi connectivity index (χ0n) is 10.6. The number of furan rings is 1. The smallest absolute Gasteiger partial charge is 0.260 e. The lowest BCUT2D eigenvalue weighted by Crippen LogP contribution is -2.10. The number of rotatable bonds is 5. The van der Waals surface area contributed by atoms with E-state index in [4.69, 9.17) is 4.42 Å². The Bertz CT molecular complexity index is 500. The van der Waals surface area contributed by atoms with Gasteiger partial charge in [-0.1, -0.05) is 13.8 Å². The summed E-state index contributed by atoms with van der Waals surface area (Å²) >= 11 is 0. The van der Waals surface area contributed by atoms with Gasteiger partial charge in [0.05, 0.1) is 11.8 Å². The van der Waals surface area contributed by atoms with E-state index in [1.165, 1.54) is 12.5 Å². The van der Waals surface area contributed by atoms with E-state index in [9.17, 15) is 4.79 Å². The van der Waals surface area contributed by atoms with Crippen molar-refractivity contribution >= 4 is 11.7 Å². The van der Waals surface area contributed by atoms with E-state index in [0.29, 0.717) is 17.3 Å². The van der Waals surface area contributed by atoms with Crippen molar-refractivity contribution in [3.8, 4) is 0 Å². The molecule has 0 saturated heterocycles. The Morgan fingerprint density at radius 1 is 1.56 bits per heavy atom. The first kappa shape index (κ1) is 12.4. The molecule has 1 amide bonds. The Kier molecular flexibility index (Phi) is 3.82. The monoisotopic (exact) mass is 247 g/mol. The fourth-order valence-electron chi connectivity index (χ4n) is 1.58. The zero-order chi connectivity index (χ0) is 13.0. The van der Waals surface area contributed by atoms with E-state index in [2.05, 4.69) is 29.4 Å². The molecule has 18 heavy (non-hydrogen) atoms. The fraction of sp³-hybridized carbons (Fsp3) is 0.385. The van der Waals surface area contributed by atoms with Crippen molar-refractivity contribution < 1.29 is 9.21 Å². The Morgan fingerprint density at radius 2 is 2.39 bits per heavy atom. The lowest BCUT2D eigenvalue weighted by atomic mass is 10.1. The summed E-state index contributed by atoms with van der Waals surface area (Å²) in [5.74, 6) is 0.975. The molecule has 0 spiro atoms. The maximum absolute atomic E-state index is 11.7. The molecule has 0 unspecified atom stereocenters. The second kappa shape index (κ2) is 5.53. The van der Waals surface area contributed by atoms with Gasteiger partial charge in [0.25, 0.3) is 5.91 Å². The van der Waals surface area contributed by atoms with Crippen molar-refractivity contribution in [1.82, 2.24) is 10.2 Å². The van der Waals surface area contributed by atoms with E-state index in [1.54, 1.807) is 6.07 Å². The highest BCUT2D eigenvalue weighted by atomic mass is 16.3. The number of anilines is 1. The van der Waals surface area contributed by atoms with Crippen LogP contribution in [0.5, 0.6) is 0 Å². The van der Waals surface area contributed by atoms with Gasteiger partial charge < -0.3 is 9.73 Å². The number of hydrogen-bond acceptors (Lipinski definition) is 3. The Labute approximate surface area is 106 Å². The number of H-pyrrole nitrogens is 1. The van der Waals surface area contributed by atoms with Crippen LogP contribution < -0.4 is 5.32 Å². The second-order valence-corrected chi connectivity index (χ2v) is 4.68. The molecule has 0 radical (unpaired) electrons. The standard InChI is InChI=1S/C13H17N3O2/c1-9(2)3-4-11-7-12(16-15-11)14-13(17)10-5-6-18-8-10/h5-9H,3-4H2,1-2H3,(H2,14,15,16,17). The third-order valence-corrected chi connectivity index (χ3v) is 2.65. The van der Waals surface area contributed by atoms with Crippen LogP contribution in [0.25, 0.3) is 0 Å². The van der Waals surface area contributed by atoms with Crippen molar-refractivity contribution in [2.75, 3.05) is 5.32 Å². The molecule has 2 heterocycles. The van der Waals surface area contributed by atoms with Crippen LogP contribution in [-0.2, 0) is 6.42 Å². The van der Waals surface area contributed by atoms with Crippen LogP contribution in [0.15, 0.2) is 29.1 Å². The van der Waals surface area contributed by atoms with Gasteiger partial charge in [-0.3, -0.25) is 9.89 Å². The Hall–Kier alpha value is -2.04. The lowest BCUT2D eigenvalue weighted by molar-refractivity contribution is 0.102. The molecule has 0 atom stereocenters. The minimum Gasteiger partial charge on any atom is -0.472 e. The summed E-state index contributed by atoms with van der Waals surface area (Å²) in [5, 5.41) is 9.69. The van der Waals surface area contributed by atoms with Crippen molar-refractivity contribution in [2.45, 2.75) is 26.7 Å². The van der Waals surface area contributed by atoms with Crippen LogP contribution in [0.1, 0.15) is 36.3 Å². The van der Waals surface area contributed by atoms with Crippen LogP contribution in [0.2, 0.25) is 0 Å². The minimum absolute atomic E-state index is 0.217. The highest BCUT2D eigenvalue weighted by Crippen LogP contribution is 2.12. The molecule has 0 bridgehead atoms. The quantitative estimate of drug-likeness (QED) is 0.853. The number of nitrogens with zero attached hydrogens (tertiary/aromatic N) is 1. The molecule has 0 saturated carbocycles. The number of amides is 1. The van der Waals surface area contributed by atoms with E-state index < -0.39 is 0 Å². The molecule has 0 aliphatic carbocycles. The number of hydrogen-bond donors (Lipinski definition) is 2. The van der Waals surface area contributed by atoms with Gasteiger partial charge >= 0.3 is 0 Å². The molecule has 2 aromatic rings. The molecule has 2 aromatic heterocycles. The number of aryl methyl sites for hydroxylation is 1. The summed E-state index contributed by atoms with van der Waals surface area (Å²) in [6.07, 6.45) is 4.90. The molecule has 0 aromatic carbocycles. The normalized spacial score (nSPS) is 10.8. The molecule has 5 nitrogen and oxygen atoms in total. The first-order chi connectivity index (χ1) is 8.65. The minimum atomic E-state index is -0.217. The van der Waals surface area contributed by atoms with Crippen molar-refractivity contribution in [3.05, 3.63) is 35.9 Å². The lowest BCUT2D eigenvalue weighted by Gasteiger charge is -2.00. The number of aromatic nitrogens is 2. The molecule has 96 valence electrons. The summed E-state index contributed by atoms with van der Waals surface area (Å²) in [6, 6.07) is 3.47. The van der Waals surface area contributed by atoms with Gasteiger partial charge in [0, 0.05) is 11.8 Å². The number of carbonyl (C=O) groups excluding carboxylic acids is 1. The summed E-state index contributed by atoms with van der Waals surface area (Å²) in [6.45, 7) is 4.36. The summed E-state index contributed by atoms with van der Waals surface area (Å²) in [5.41, 5.74) is 1.52. The number of nitrogens with one attached hydrogen (secondary N) is 2. The first-order valence-electron chi connectivity index (χ1n) is 6.03. The first-order valence-corrected chi connectivity index (χ1v) is 6.03. The van der Waals surface area contributed by atoms with Crippen LogP contribution in [0.4, 0.5) is 5.82 Å². The Morgan fingerprint density at radius 3 is 3.06 bits per heavy atom. The van der Waals surface area contributed by atoms with Crippen LogP contribution in [0, 0.1) is 5.92 Å². The van der Waals surface area contributed by atoms with E-state index in [-0.39, 0.29) is 5.91 Å². The Balaban J connectivity index is 1.92. The molecule has 5 heteroatoms. The van der Waals surface area contributed by atoms with Crippen LogP contribution in [-0.4, -0.2) is 16.1 Å². The molecular formula is C13H17N3O2. The predicted octanol–water partition coefficient (Wildman–Crippen LogP) is 2.84. The van der Waals surface area contributed by atoms with E-state index in [1.807, 2.05) is 6.07 Å². The van der Waals surface area contributed by atoms with Gasteiger partial charge in [-0.2, -0.15) is 5.10 Å². The average Bonchev–Trinajstić information content (AvgIpc) is 2.97. The van der Waals surface area contributed by atoms with Crippen LogP contribution in [0.3, 0.4) is 0 Å². The van der Waals surface area contributed by atoms with E-state index >= 15 is 0 Å². The second-order valence-electron chi connectivity index (χ2n) is 4.68. The van der Waals surface area contributed by atoms with Crippen LogP contribution >= 0.6 is 0 Å². The summed E-state index contributed by atoms with van der Waals surface area (Å²) in [4.78, 5) is 11.7. The SMILES string of the molecule is CC(C)CCc1cc(NC(=O)c2ccoc2)n[nH]1. The maximum atomic E-state index is 11.7. The van der Waals surface area contributed by atoms with E-state index in [0.717, 1.165) is 18.5 Å². The molecule has 2 N–H and O–H groups in total. The molecular weight excluding hydrogens is 230 g/mol. The van der Waals surface area contributed by atoms with Gasteiger partial charge in [-0.25, -0.2) is 0 Å². The summed E-state index contributed by atoms with van der Waals surface area (Å²) in [7, 11) is 0. The van der Waals surface area contributed by atoms with Crippen molar-refractivity contribution in [1.29, 1.82) is 0 Å². The molecule has 0 aliphatic heterocycles. The van der Waals surface area contributed by atoms with Crippen molar-refractivity contribution in [2.24, 2.45) is 5.92 Å². The van der Waals surface area contributed by atoms with Gasteiger partial charge in [0.1, 0.15) is 6.26 Å². The van der Waals surface area contributed by atoms with Gasteiger partial charge in [0.15, 0.2) is 5.82 Å². The number of aromatic amines is 1. The third-order valence-electron chi connectivity index (χ3n) is 2.65. The van der Waals surface area contributed by atoms with Crippen molar-refractivity contribution in [3.63, 3.8) is 0 Å². The predicted molar refractivity (Wildman–Crippen MR) is 68.4 cm³/mol. The highest BCUT2D eigenvalue weighted by molar-refractivity contribution is 6.03. The average molecular weight is 247 g/mol. The maximum Gasteiger partial charge on any atom is 0.260 e. The largest absolute Gasteiger partial charge is 0.472 e. The molecule has 2 rings (SSSR count).